The average Bonchev–Trinajstić information content (AvgIpc) is 2.75. The molecule has 2 rings (SSSR count). The zero-order valence-corrected chi connectivity index (χ0v) is 19.6. The Morgan fingerprint density at radius 3 is 1.94 bits per heavy atom. The number of hydrogen-bond donors (Lipinski definition) is 1. The first-order valence-electron chi connectivity index (χ1n) is 11.4. The Kier molecular flexibility index (Phi) is 14.5. The van der Waals surface area contributed by atoms with Crippen molar-refractivity contribution in [2.45, 2.75) is 59.8 Å². The van der Waals surface area contributed by atoms with Crippen molar-refractivity contribution in [2.24, 2.45) is 5.73 Å². The van der Waals surface area contributed by atoms with Gasteiger partial charge in [-0.25, -0.2) is 0 Å². The smallest absolute Gasteiger partial charge is 0.310 e. The Labute approximate surface area is 206 Å². The molecule has 0 unspecified atom stereocenters. The van der Waals surface area contributed by atoms with Crippen molar-refractivity contribution in [1.82, 2.24) is 4.48 Å². The summed E-state index contributed by atoms with van der Waals surface area (Å²) in [6.45, 7) is 1.04. The number of amides is 1. The van der Waals surface area contributed by atoms with E-state index in [0.29, 0.717) is 30.9 Å². The summed E-state index contributed by atoms with van der Waals surface area (Å²) in [5.74, 6) is -0.0958. The summed E-state index contributed by atoms with van der Waals surface area (Å²) in [6.07, 6.45) is 6.42. The van der Waals surface area contributed by atoms with E-state index in [1.165, 1.54) is 5.69 Å². The number of benzene rings is 2. The summed E-state index contributed by atoms with van der Waals surface area (Å²) >= 11 is 0. The lowest BCUT2D eigenvalue weighted by molar-refractivity contribution is -0.142. The minimum absolute atomic E-state index is 0. The standard InChI is InChI=1S/C26H36N2O4.2CH4/c1-28(2,3)22-16-14-21(15-17-22)20-25(29)32-19-11-7-5-4-6-10-18-31-24-13-9-8-12-23(24)26(27)30;;/h8-9,12-17H,4-7,10-11,18-20H2,1-3H3,(H-,27,30);2*1H4/p+1. The maximum absolute atomic E-state index is 12.0. The van der Waals surface area contributed by atoms with Gasteiger partial charge in [0.1, 0.15) is 11.4 Å². The molecule has 34 heavy (non-hydrogen) atoms. The van der Waals surface area contributed by atoms with Gasteiger partial charge in [-0.3, -0.25) is 14.1 Å². The highest BCUT2D eigenvalue weighted by Crippen LogP contribution is 2.19. The fourth-order valence-electron chi connectivity index (χ4n) is 3.35. The minimum Gasteiger partial charge on any atom is -0.493 e. The molecule has 0 saturated carbocycles. The molecule has 0 heterocycles. The van der Waals surface area contributed by atoms with Gasteiger partial charge in [-0.15, -0.1) is 0 Å². The van der Waals surface area contributed by atoms with Gasteiger partial charge in [-0.05, 0) is 42.7 Å². The normalized spacial score (nSPS) is 10.6. The molecule has 2 aromatic rings. The summed E-state index contributed by atoms with van der Waals surface area (Å²) in [5.41, 5.74) is 7.95. The molecule has 0 bridgehead atoms. The summed E-state index contributed by atoms with van der Waals surface area (Å²) in [5, 5.41) is 0. The number of quaternary nitrogens is 1. The zero-order chi connectivity index (χ0) is 23.4. The van der Waals surface area contributed by atoms with Gasteiger partial charge in [0.05, 0.1) is 46.3 Å². The first-order chi connectivity index (χ1) is 15.3. The highest BCUT2D eigenvalue weighted by Gasteiger charge is 2.12. The molecule has 0 fully saturated rings. The van der Waals surface area contributed by atoms with E-state index >= 15 is 0 Å². The number of ether oxygens (including phenoxy) is 2. The van der Waals surface area contributed by atoms with Crippen molar-refractivity contribution in [1.29, 1.82) is 0 Å². The number of nitrogens with zero attached hydrogens (tertiary/aromatic N) is 1. The second-order valence-electron chi connectivity index (χ2n) is 8.91. The van der Waals surface area contributed by atoms with Crippen molar-refractivity contribution in [2.75, 3.05) is 34.4 Å². The molecule has 2 aromatic carbocycles. The molecule has 0 saturated heterocycles. The first-order valence-corrected chi connectivity index (χ1v) is 11.4. The third-order valence-corrected chi connectivity index (χ3v) is 5.27. The van der Waals surface area contributed by atoms with Crippen molar-refractivity contribution in [3.8, 4) is 5.75 Å². The molecule has 190 valence electrons. The van der Waals surface area contributed by atoms with Crippen LogP contribution in [0.3, 0.4) is 0 Å². The largest absolute Gasteiger partial charge is 0.493 e. The van der Waals surface area contributed by atoms with Gasteiger partial charge in [-0.2, -0.15) is 0 Å². The summed E-state index contributed by atoms with van der Waals surface area (Å²) in [6, 6.07) is 15.2. The minimum atomic E-state index is -0.473. The van der Waals surface area contributed by atoms with E-state index in [4.69, 9.17) is 15.2 Å². The van der Waals surface area contributed by atoms with Crippen LogP contribution in [-0.2, 0) is 16.0 Å². The molecule has 6 nitrogen and oxygen atoms in total. The van der Waals surface area contributed by atoms with Crippen LogP contribution in [0, 0.1) is 0 Å². The molecule has 0 aliphatic rings. The second kappa shape index (κ2) is 15.9. The van der Waals surface area contributed by atoms with Gasteiger partial charge in [0.25, 0.3) is 5.91 Å². The molecular formula is C28H45N2O4+. The lowest BCUT2D eigenvalue weighted by atomic mass is 10.1. The van der Waals surface area contributed by atoms with Crippen LogP contribution in [-0.4, -0.2) is 46.2 Å². The van der Waals surface area contributed by atoms with Crippen molar-refractivity contribution in [3.63, 3.8) is 0 Å². The van der Waals surface area contributed by atoms with Crippen LogP contribution in [0.15, 0.2) is 48.5 Å². The van der Waals surface area contributed by atoms with E-state index in [-0.39, 0.29) is 20.8 Å². The van der Waals surface area contributed by atoms with E-state index in [2.05, 4.69) is 33.3 Å². The van der Waals surface area contributed by atoms with E-state index < -0.39 is 5.91 Å². The maximum Gasteiger partial charge on any atom is 0.310 e. The van der Waals surface area contributed by atoms with Crippen molar-refractivity contribution >= 4 is 17.6 Å². The maximum atomic E-state index is 12.0. The number of carbonyl (C=O) groups excluding carboxylic acids is 2. The van der Waals surface area contributed by atoms with Crippen LogP contribution in [0.4, 0.5) is 5.69 Å². The molecule has 0 radical (unpaired) electrons. The van der Waals surface area contributed by atoms with Gasteiger partial charge in [0.2, 0.25) is 0 Å². The number of rotatable bonds is 14. The predicted octanol–water partition coefficient (Wildman–Crippen LogP) is 5.76. The molecule has 0 spiro atoms. The lowest BCUT2D eigenvalue weighted by Crippen LogP contribution is -2.34. The Bertz CT molecular complexity index is 857. The van der Waals surface area contributed by atoms with Crippen LogP contribution in [0.25, 0.3) is 0 Å². The van der Waals surface area contributed by atoms with E-state index in [1.54, 1.807) is 18.2 Å². The molecule has 0 aliphatic carbocycles. The highest BCUT2D eigenvalue weighted by molar-refractivity contribution is 5.95. The van der Waals surface area contributed by atoms with Crippen molar-refractivity contribution < 1.29 is 19.1 Å². The van der Waals surface area contributed by atoms with Gasteiger partial charge in [0, 0.05) is 0 Å². The monoisotopic (exact) mass is 473 g/mol. The van der Waals surface area contributed by atoms with Crippen molar-refractivity contribution in [3.05, 3.63) is 59.7 Å². The van der Waals surface area contributed by atoms with Crippen LogP contribution < -0.4 is 15.0 Å². The number of nitrogens with two attached hydrogens (primary N) is 1. The average molecular weight is 474 g/mol. The molecule has 2 N–H and O–H groups in total. The van der Waals surface area contributed by atoms with Crippen LogP contribution >= 0.6 is 0 Å². The molecule has 6 heteroatoms. The van der Waals surface area contributed by atoms with Crippen LogP contribution in [0.5, 0.6) is 5.75 Å². The summed E-state index contributed by atoms with van der Waals surface area (Å²) in [4.78, 5) is 23.4. The second-order valence-corrected chi connectivity index (χ2v) is 8.91. The molecular weight excluding hydrogens is 428 g/mol. The van der Waals surface area contributed by atoms with E-state index in [1.807, 2.05) is 18.2 Å². The fraction of sp³-hybridized carbons (Fsp3) is 0.500. The number of unbranched alkanes of at least 4 members (excludes halogenated alkanes) is 5. The Morgan fingerprint density at radius 1 is 0.794 bits per heavy atom. The summed E-state index contributed by atoms with van der Waals surface area (Å²) < 4.78 is 11.8. The Hall–Kier alpha value is -2.86. The number of carbonyl (C=O) groups is 2. The highest BCUT2D eigenvalue weighted by atomic mass is 16.5. The number of esters is 1. The van der Waals surface area contributed by atoms with Gasteiger partial charge in [0.15, 0.2) is 0 Å². The fourth-order valence-corrected chi connectivity index (χ4v) is 3.35. The SMILES string of the molecule is C.C.C[N+](C)(C)c1ccc(CC(=O)OCCCCCCCCOc2ccccc2C(N)=O)cc1. The zero-order valence-electron chi connectivity index (χ0n) is 19.6. The van der Waals surface area contributed by atoms with Gasteiger partial charge >= 0.3 is 5.97 Å². The lowest BCUT2D eigenvalue weighted by Gasteiger charge is -2.23. The molecule has 1 amide bonds. The summed E-state index contributed by atoms with van der Waals surface area (Å²) in [7, 11) is 6.34. The van der Waals surface area contributed by atoms with Crippen LogP contribution in [0.2, 0.25) is 0 Å². The third kappa shape index (κ3) is 11.3. The van der Waals surface area contributed by atoms with E-state index in [9.17, 15) is 9.59 Å². The quantitative estimate of drug-likeness (QED) is 0.215. The topological polar surface area (TPSA) is 78.6 Å². The van der Waals surface area contributed by atoms with Crippen LogP contribution in [0.1, 0.15) is 69.3 Å². The first kappa shape index (κ1) is 31.1. The number of primary amides is 1. The van der Waals surface area contributed by atoms with Gasteiger partial charge in [-0.1, -0.05) is 64.8 Å². The number of hydrogen-bond acceptors (Lipinski definition) is 4. The molecule has 0 aromatic heterocycles. The number of para-hydroxylation sites is 1. The Balaban J connectivity index is 0.00000544. The predicted molar refractivity (Wildman–Crippen MR) is 142 cm³/mol. The van der Waals surface area contributed by atoms with E-state index in [0.717, 1.165) is 48.6 Å². The van der Waals surface area contributed by atoms with Gasteiger partial charge < -0.3 is 15.2 Å². The molecule has 0 aliphatic heterocycles. The third-order valence-electron chi connectivity index (χ3n) is 5.27. The Morgan fingerprint density at radius 2 is 1.35 bits per heavy atom. The molecule has 0 atom stereocenters.